The van der Waals surface area contributed by atoms with Gasteiger partial charge in [0.15, 0.2) is 0 Å². The first-order valence-electron chi connectivity index (χ1n) is 4.34. The Morgan fingerprint density at radius 1 is 1.53 bits per heavy atom. The second kappa shape index (κ2) is 6.74. The summed E-state index contributed by atoms with van der Waals surface area (Å²) in [5.74, 6) is 0. The molecule has 0 atom stereocenters. The van der Waals surface area contributed by atoms with E-state index in [1.807, 2.05) is 0 Å². The van der Waals surface area contributed by atoms with E-state index < -0.39 is 4.92 Å². The van der Waals surface area contributed by atoms with E-state index in [4.69, 9.17) is 9.52 Å². The molecule has 2 aromatic rings. The van der Waals surface area contributed by atoms with Crippen molar-refractivity contribution >= 4 is 16.9 Å². The van der Waals surface area contributed by atoms with E-state index in [-0.39, 0.29) is 12.3 Å². The maximum absolute atomic E-state index is 10.2. The van der Waals surface area contributed by atoms with Crippen molar-refractivity contribution < 1.29 is 14.4 Å². The third-order valence-corrected chi connectivity index (χ3v) is 1.35. The number of nitrogens with two attached hydrogens (primary N) is 1. The summed E-state index contributed by atoms with van der Waals surface area (Å²) in [5, 5.41) is 17.8. The lowest BCUT2D eigenvalue weighted by Crippen LogP contribution is -1.84. The predicted molar refractivity (Wildman–Crippen MR) is 56.9 cm³/mol. The van der Waals surface area contributed by atoms with Gasteiger partial charge >= 0.3 is 5.69 Å². The van der Waals surface area contributed by atoms with Crippen LogP contribution in [0.2, 0.25) is 0 Å². The largest absolute Gasteiger partial charge is 0.450 e. The Morgan fingerprint density at radius 3 is 2.27 bits per heavy atom. The zero-order valence-electron chi connectivity index (χ0n) is 8.64. The Labute approximate surface area is 86.8 Å². The summed E-state index contributed by atoms with van der Waals surface area (Å²) in [6.07, 6.45) is 0. The van der Waals surface area contributed by atoms with Gasteiger partial charge in [0.05, 0.1) is 11.0 Å². The average Bonchev–Trinajstić information content (AvgIpc) is 2.83. The summed E-state index contributed by atoms with van der Waals surface area (Å²) >= 11 is 0. The molecule has 0 spiro atoms. The number of hydrogen-bond acceptors (Lipinski definition) is 5. The summed E-state index contributed by atoms with van der Waals surface area (Å²) in [6.45, 7) is 1.93. The Kier molecular flexibility index (Phi) is 6.00. The van der Waals surface area contributed by atoms with Crippen LogP contribution in [0.4, 0.5) is 5.69 Å². The van der Waals surface area contributed by atoms with Crippen molar-refractivity contribution in [3.05, 3.63) is 28.3 Å². The summed E-state index contributed by atoms with van der Waals surface area (Å²) in [4.78, 5) is 9.73. The van der Waals surface area contributed by atoms with E-state index in [1.54, 1.807) is 19.1 Å². The SMILES string of the molecule is CCO.CN.O=[N+]([O-])c1cc2ccc1o2. The Morgan fingerprint density at radius 2 is 2.07 bits per heavy atom. The van der Waals surface area contributed by atoms with Crippen molar-refractivity contribution in [1.29, 1.82) is 0 Å². The molecule has 2 aromatic heterocycles. The molecule has 6 nitrogen and oxygen atoms in total. The van der Waals surface area contributed by atoms with Crippen LogP contribution >= 0.6 is 0 Å². The van der Waals surface area contributed by atoms with Crippen molar-refractivity contribution in [2.75, 3.05) is 13.7 Å². The topological polar surface area (TPSA) is 103 Å². The Bertz CT molecular complexity index is 385. The zero-order chi connectivity index (χ0) is 11.8. The minimum absolute atomic E-state index is 0.0532. The molecule has 3 N–H and O–H groups in total. The number of nitrogens with zero attached hydrogens (tertiary/aromatic N) is 1. The van der Waals surface area contributed by atoms with Crippen LogP contribution in [0.3, 0.4) is 0 Å². The lowest BCUT2D eigenvalue weighted by Gasteiger charge is -1.81. The van der Waals surface area contributed by atoms with Crippen LogP contribution < -0.4 is 5.73 Å². The molecular weight excluding hydrogens is 200 g/mol. The molecule has 0 saturated carbocycles. The standard InChI is InChI=1S/C6H3NO3.C2H6O.CH5N/c8-7(9)5-3-4-1-2-6(5)10-4;1-2-3;1-2/h1-3H;3H,2H2,1H3;2H2,1H3. The van der Waals surface area contributed by atoms with E-state index in [0.717, 1.165) is 0 Å². The number of aliphatic hydroxyl groups excluding tert-OH is 1. The molecule has 0 amide bonds. The molecule has 15 heavy (non-hydrogen) atoms. The van der Waals surface area contributed by atoms with E-state index in [9.17, 15) is 10.1 Å². The van der Waals surface area contributed by atoms with Gasteiger partial charge < -0.3 is 15.3 Å². The molecule has 0 radical (unpaired) electrons. The van der Waals surface area contributed by atoms with Gasteiger partial charge in [-0.05, 0) is 26.1 Å². The lowest BCUT2D eigenvalue weighted by molar-refractivity contribution is -0.383. The van der Waals surface area contributed by atoms with E-state index in [1.165, 1.54) is 13.1 Å². The summed E-state index contributed by atoms with van der Waals surface area (Å²) in [5.41, 5.74) is 5.46. The zero-order valence-corrected chi connectivity index (χ0v) is 8.64. The number of benzene rings is 1. The molecule has 2 bridgehead atoms. The molecule has 0 aromatic carbocycles. The maximum Gasteiger partial charge on any atom is 0.315 e. The molecule has 84 valence electrons. The van der Waals surface area contributed by atoms with Gasteiger partial charge in [0, 0.05) is 6.61 Å². The highest BCUT2D eigenvalue weighted by Gasteiger charge is 2.15. The third-order valence-electron chi connectivity index (χ3n) is 1.35. The first-order valence-corrected chi connectivity index (χ1v) is 4.34. The number of non-ortho nitro benzene ring substituents is 1. The van der Waals surface area contributed by atoms with Gasteiger partial charge in [0.2, 0.25) is 5.58 Å². The van der Waals surface area contributed by atoms with E-state index in [2.05, 4.69) is 5.73 Å². The van der Waals surface area contributed by atoms with Gasteiger partial charge in [-0.2, -0.15) is 0 Å². The fraction of sp³-hybridized carbons (Fsp3) is 0.333. The highest BCUT2D eigenvalue weighted by molar-refractivity contribution is 5.73. The van der Waals surface area contributed by atoms with Crippen LogP contribution in [-0.4, -0.2) is 23.7 Å². The Balaban J connectivity index is 0.000000342. The van der Waals surface area contributed by atoms with Crippen LogP contribution in [0.15, 0.2) is 22.6 Å². The summed E-state index contributed by atoms with van der Waals surface area (Å²) < 4.78 is 4.93. The monoisotopic (exact) mass is 214 g/mol. The molecule has 6 heteroatoms. The smallest absolute Gasteiger partial charge is 0.315 e. The van der Waals surface area contributed by atoms with Gasteiger partial charge in [0.1, 0.15) is 5.58 Å². The lowest BCUT2D eigenvalue weighted by atomic mass is 10.3. The molecule has 0 aliphatic carbocycles. The molecule has 2 rings (SSSR count). The van der Waals surface area contributed by atoms with Crippen molar-refractivity contribution in [1.82, 2.24) is 0 Å². The second-order valence-corrected chi connectivity index (χ2v) is 2.30. The normalized spacial score (nSPS) is 8.80. The number of nitro benzene ring substituents is 1. The fourth-order valence-corrected chi connectivity index (χ4v) is 0.917. The van der Waals surface area contributed by atoms with Crippen LogP contribution in [0.25, 0.3) is 11.2 Å². The van der Waals surface area contributed by atoms with Gasteiger partial charge in [-0.25, -0.2) is 0 Å². The highest BCUT2D eigenvalue weighted by Crippen LogP contribution is 2.27. The predicted octanol–water partition coefficient (Wildman–Crippen LogP) is 1.35. The molecule has 0 fully saturated rings. The average molecular weight is 214 g/mol. The van der Waals surface area contributed by atoms with E-state index in [0.29, 0.717) is 11.2 Å². The minimum atomic E-state index is -0.453. The van der Waals surface area contributed by atoms with E-state index >= 15 is 0 Å². The summed E-state index contributed by atoms with van der Waals surface area (Å²) in [6, 6.07) is 4.70. The third kappa shape index (κ3) is 3.53. The van der Waals surface area contributed by atoms with Crippen molar-refractivity contribution in [2.45, 2.75) is 6.92 Å². The van der Waals surface area contributed by atoms with Gasteiger partial charge in [-0.3, -0.25) is 10.1 Å². The van der Waals surface area contributed by atoms with Crippen LogP contribution in [-0.2, 0) is 0 Å². The molecule has 0 saturated heterocycles. The summed E-state index contributed by atoms with van der Waals surface area (Å²) in [7, 11) is 1.50. The fourth-order valence-electron chi connectivity index (χ4n) is 0.917. The maximum atomic E-state index is 10.2. The van der Waals surface area contributed by atoms with Crippen LogP contribution in [0.5, 0.6) is 0 Å². The number of fused-ring (bicyclic) bond motifs is 2. The number of aliphatic hydroxyl groups is 1. The van der Waals surface area contributed by atoms with Crippen molar-refractivity contribution in [2.24, 2.45) is 5.73 Å². The number of nitro groups is 1. The molecule has 0 unspecified atom stereocenters. The molecule has 0 aliphatic heterocycles. The van der Waals surface area contributed by atoms with Gasteiger partial charge in [-0.15, -0.1) is 0 Å². The minimum Gasteiger partial charge on any atom is -0.450 e. The van der Waals surface area contributed by atoms with Gasteiger partial charge in [-0.1, -0.05) is 0 Å². The van der Waals surface area contributed by atoms with Crippen molar-refractivity contribution in [3.63, 3.8) is 0 Å². The quantitative estimate of drug-likeness (QED) is 0.551. The number of furan rings is 2. The van der Waals surface area contributed by atoms with Crippen molar-refractivity contribution in [3.8, 4) is 0 Å². The first kappa shape index (κ1) is 13.3. The number of hydrogen-bond donors (Lipinski definition) is 2. The molecule has 0 aliphatic rings. The van der Waals surface area contributed by atoms with Crippen LogP contribution in [0.1, 0.15) is 6.92 Å². The first-order chi connectivity index (χ1) is 7.19. The highest BCUT2D eigenvalue weighted by atomic mass is 16.6. The second-order valence-electron chi connectivity index (χ2n) is 2.30. The molecule has 2 heterocycles. The molecular formula is C9H14N2O4. The van der Waals surface area contributed by atoms with Crippen LogP contribution in [0, 0.1) is 10.1 Å². The Hall–Kier alpha value is -1.66. The van der Waals surface area contributed by atoms with Gasteiger partial charge in [0.25, 0.3) is 0 Å². The number of rotatable bonds is 1.